The Labute approximate surface area is 90.9 Å². The molecule has 1 heterocycles. The molecule has 2 atom stereocenters. The van der Waals surface area contributed by atoms with Crippen molar-refractivity contribution in [2.24, 2.45) is 0 Å². The molecular weight excluding hydrogens is 188 g/mol. The molecule has 82 valence electrons. The van der Waals surface area contributed by atoms with E-state index in [2.05, 4.69) is 12.1 Å². The van der Waals surface area contributed by atoms with E-state index in [1.165, 1.54) is 5.56 Å². The van der Waals surface area contributed by atoms with Crippen molar-refractivity contribution in [3.05, 3.63) is 29.8 Å². The van der Waals surface area contributed by atoms with E-state index in [1.807, 2.05) is 19.1 Å². The van der Waals surface area contributed by atoms with E-state index in [0.717, 1.165) is 31.6 Å². The summed E-state index contributed by atoms with van der Waals surface area (Å²) in [7, 11) is 0. The topological polar surface area (TPSA) is 29.5 Å². The molecule has 15 heavy (non-hydrogen) atoms. The SMILES string of the molecule is CC(O)CCC1CCOc2ccccc21. The maximum Gasteiger partial charge on any atom is 0.122 e. The lowest BCUT2D eigenvalue weighted by molar-refractivity contribution is 0.172. The van der Waals surface area contributed by atoms with E-state index in [4.69, 9.17) is 4.74 Å². The molecule has 0 saturated heterocycles. The first-order valence-corrected chi connectivity index (χ1v) is 5.67. The van der Waals surface area contributed by atoms with Gasteiger partial charge in [-0.05, 0) is 43.7 Å². The van der Waals surface area contributed by atoms with Crippen molar-refractivity contribution in [2.45, 2.75) is 38.2 Å². The van der Waals surface area contributed by atoms with Crippen molar-refractivity contribution < 1.29 is 9.84 Å². The second-order valence-corrected chi connectivity index (χ2v) is 4.30. The van der Waals surface area contributed by atoms with Gasteiger partial charge in [-0.25, -0.2) is 0 Å². The molecule has 1 aliphatic rings. The predicted molar refractivity (Wildman–Crippen MR) is 60.2 cm³/mol. The minimum Gasteiger partial charge on any atom is -0.493 e. The molecule has 0 spiro atoms. The quantitative estimate of drug-likeness (QED) is 0.824. The molecule has 2 heteroatoms. The molecule has 2 nitrogen and oxygen atoms in total. The number of aliphatic hydroxyl groups excluding tert-OH is 1. The van der Waals surface area contributed by atoms with E-state index in [-0.39, 0.29) is 6.10 Å². The number of ether oxygens (including phenoxy) is 1. The van der Waals surface area contributed by atoms with Crippen molar-refractivity contribution in [1.29, 1.82) is 0 Å². The summed E-state index contributed by atoms with van der Waals surface area (Å²) in [5, 5.41) is 9.30. The Morgan fingerprint density at radius 3 is 3.07 bits per heavy atom. The van der Waals surface area contributed by atoms with Gasteiger partial charge in [0.15, 0.2) is 0 Å². The van der Waals surface area contributed by atoms with E-state index >= 15 is 0 Å². The third-order valence-electron chi connectivity index (χ3n) is 3.02. The first-order chi connectivity index (χ1) is 7.27. The maximum absolute atomic E-state index is 9.30. The number of hydrogen-bond donors (Lipinski definition) is 1. The van der Waals surface area contributed by atoms with Crippen LogP contribution in [0.1, 0.15) is 37.7 Å². The fourth-order valence-electron chi connectivity index (χ4n) is 2.16. The molecule has 0 amide bonds. The van der Waals surface area contributed by atoms with Gasteiger partial charge in [0.25, 0.3) is 0 Å². The number of benzene rings is 1. The summed E-state index contributed by atoms with van der Waals surface area (Å²) in [6.45, 7) is 2.66. The number of aliphatic hydroxyl groups is 1. The Bertz CT molecular complexity index is 320. The highest BCUT2D eigenvalue weighted by molar-refractivity contribution is 5.37. The molecule has 0 fully saturated rings. The molecule has 1 aliphatic heterocycles. The summed E-state index contributed by atoms with van der Waals surface area (Å²) in [5.74, 6) is 1.59. The fraction of sp³-hybridized carbons (Fsp3) is 0.538. The number of fused-ring (bicyclic) bond motifs is 1. The first kappa shape index (κ1) is 10.5. The highest BCUT2D eigenvalue weighted by atomic mass is 16.5. The van der Waals surface area contributed by atoms with Gasteiger partial charge in [-0.1, -0.05) is 18.2 Å². The lowest BCUT2D eigenvalue weighted by Crippen LogP contribution is -2.15. The molecule has 0 bridgehead atoms. The standard InChI is InChI=1S/C13H18O2/c1-10(14)6-7-11-8-9-15-13-5-3-2-4-12(11)13/h2-5,10-11,14H,6-9H2,1H3. The van der Waals surface area contributed by atoms with Crippen molar-refractivity contribution in [1.82, 2.24) is 0 Å². The second kappa shape index (κ2) is 4.67. The molecule has 2 unspecified atom stereocenters. The molecule has 2 rings (SSSR count). The predicted octanol–water partition coefficient (Wildman–Crippen LogP) is 2.71. The zero-order chi connectivity index (χ0) is 10.7. The van der Waals surface area contributed by atoms with Gasteiger partial charge in [-0.3, -0.25) is 0 Å². The monoisotopic (exact) mass is 206 g/mol. The van der Waals surface area contributed by atoms with E-state index in [0.29, 0.717) is 5.92 Å². The van der Waals surface area contributed by atoms with Crippen LogP contribution in [-0.2, 0) is 0 Å². The summed E-state index contributed by atoms with van der Waals surface area (Å²) < 4.78 is 5.60. The lowest BCUT2D eigenvalue weighted by Gasteiger charge is -2.26. The summed E-state index contributed by atoms with van der Waals surface area (Å²) >= 11 is 0. The normalized spacial score (nSPS) is 21.6. The largest absolute Gasteiger partial charge is 0.493 e. The van der Waals surface area contributed by atoms with Gasteiger partial charge in [0.2, 0.25) is 0 Å². The van der Waals surface area contributed by atoms with Gasteiger partial charge in [0.1, 0.15) is 5.75 Å². The highest BCUT2D eigenvalue weighted by Gasteiger charge is 2.20. The molecular formula is C13H18O2. The van der Waals surface area contributed by atoms with Gasteiger partial charge < -0.3 is 9.84 Å². The zero-order valence-corrected chi connectivity index (χ0v) is 9.15. The van der Waals surface area contributed by atoms with Crippen LogP contribution in [0.3, 0.4) is 0 Å². The number of para-hydroxylation sites is 1. The van der Waals surface area contributed by atoms with Gasteiger partial charge in [-0.15, -0.1) is 0 Å². The molecule has 1 aromatic carbocycles. The molecule has 0 radical (unpaired) electrons. The third-order valence-corrected chi connectivity index (χ3v) is 3.02. The molecule has 0 aromatic heterocycles. The number of hydrogen-bond acceptors (Lipinski definition) is 2. The fourth-order valence-corrected chi connectivity index (χ4v) is 2.16. The summed E-state index contributed by atoms with van der Waals surface area (Å²) in [6.07, 6.45) is 2.81. The van der Waals surface area contributed by atoms with Crippen LogP contribution >= 0.6 is 0 Å². The Balaban J connectivity index is 2.08. The van der Waals surface area contributed by atoms with Gasteiger partial charge in [0, 0.05) is 0 Å². The van der Waals surface area contributed by atoms with Crippen LogP contribution < -0.4 is 4.74 Å². The Morgan fingerprint density at radius 1 is 1.47 bits per heavy atom. The average Bonchev–Trinajstić information content (AvgIpc) is 2.26. The van der Waals surface area contributed by atoms with Gasteiger partial charge in [-0.2, -0.15) is 0 Å². The summed E-state index contributed by atoms with van der Waals surface area (Å²) in [4.78, 5) is 0. The average molecular weight is 206 g/mol. The Morgan fingerprint density at radius 2 is 2.27 bits per heavy atom. The smallest absolute Gasteiger partial charge is 0.122 e. The minimum absolute atomic E-state index is 0.194. The van der Waals surface area contributed by atoms with Gasteiger partial charge >= 0.3 is 0 Å². The van der Waals surface area contributed by atoms with Gasteiger partial charge in [0.05, 0.1) is 12.7 Å². The van der Waals surface area contributed by atoms with Crippen LogP contribution in [0.25, 0.3) is 0 Å². The molecule has 1 N–H and O–H groups in total. The maximum atomic E-state index is 9.30. The van der Waals surface area contributed by atoms with Crippen LogP contribution in [-0.4, -0.2) is 17.8 Å². The molecule has 0 aliphatic carbocycles. The summed E-state index contributed by atoms with van der Waals surface area (Å²) in [5.41, 5.74) is 1.31. The zero-order valence-electron chi connectivity index (χ0n) is 9.15. The lowest BCUT2D eigenvalue weighted by atomic mass is 9.88. The van der Waals surface area contributed by atoms with Crippen molar-refractivity contribution in [3.63, 3.8) is 0 Å². The third kappa shape index (κ3) is 2.51. The Kier molecular flexibility index (Phi) is 3.27. The second-order valence-electron chi connectivity index (χ2n) is 4.30. The van der Waals surface area contributed by atoms with Crippen LogP contribution in [0.5, 0.6) is 5.75 Å². The van der Waals surface area contributed by atoms with Crippen LogP contribution in [0.2, 0.25) is 0 Å². The van der Waals surface area contributed by atoms with Crippen LogP contribution in [0, 0.1) is 0 Å². The Hall–Kier alpha value is -1.02. The highest BCUT2D eigenvalue weighted by Crippen LogP contribution is 2.36. The molecule has 0 saturated carbocycles. The van der Waals surface area contributed by atoms with Crippen molar-refractivity contribution in [2.75, 3.05) is 6.61 Å². The first-order valence-electron chi connectivity index (χ1n) is 5.67. The molecule has 1 aromatic rings. The van der Waals surface area contributed by atoms with Crippen molar-refractivity contribution in [3.8, 4) is 5.75 Å². The summed E-state index contributed by atoms with van der Waals surface area (Å²) in [6, 6.07) is 8.24. The van der Waals surface area contributed by atoms with E-state index in [1.54, 1.807) is 0 Å². The number of rotatable bonds is 3. The van der Waals surface area contributed by atoms with Crippen molar-refractivity contribution >= 4 is 0 Å². The van der Waals surface area contributed by atoms with E-state index < -0.39 is 0 Å². The van der Waals surface area contributed by atoms with Crippen LogP contribution in [0.4, 0.5) is 0 Å². The van der Waals surface area contributed by atoms with Crippen LogP contribution in [0.15, 0.2) is 24.3 Å². The minimum atomic E-state index is -0.194. The van der Waals surface area contributed by atoms with E-state index in [9.17, 15) is 5.11 Å².